The molecular weight excluding hydrogens is 266 g/mol. The predicted octanol–water partition coefficient (Wildman–Crippen LogP) is 3.23. The number of benzene rings is 1. The molecule has 0 fully saturated rings. The zero-order valence-corrected chi connectivity index (χ0v) is 11.4. The lowest BCUT2D eigenvalue weighted by molar-refractivity contribution is 0.0936. The summed E-state index contributed by atoms with van der Waals surface area (Å²) in [6.45, 7) is 5.01. The second kappa shape index (κ2) is 6.04. The molecule has 1 amide bonds. The van der Waals surface area contributed by atoms with Crippen LogP contribution >= 0.6 is 15.9 Å². The first-order chi connectivity index (χ1) is 7.55. The molecule has 0 spiro atoms. The Morgan fingerprint density at radius 3 is 2.50 bits per heavy atom. The lowest BCUT2D eigenvalue weighted by atomic mass is 9.90. The van der Waals surface area contributed by atoms with Crippen molar-refractivity contribution in [2.45, 2.75) is 20.3 Å². The van der Waals surface area contributed by atoms with E-state index in [2.05, 4.69) is 35.1 Å². The van der Waals surface area contributed by atoms with Crippen molar-refractivity contribution in [3.63, 3.8) is 0 Å². The van der Waals surface area contributed by atoms with Crippen molar-refractivity contribution in [2.75, 3.05) is 11.9 Å². The van der Waals surface area contributed by atoms with E-state index in [1.165, 1.54) is 0 Å². The lowest BCUT2D eigenvalue weighted by Gasteiger charge is -2.23. The summed E-state index contributed by atoms with van der Waals surface area (Å²) in [6, 6.07) is 9.31. The van der Waals surface area contributed by atoms with Crippen LogP contribution in [0.2, 0.25) is 0 Å². The molecule has 1 aromatic carbocycles. The van der Waals surface area contributed by atoms with Crippen molar-refractivity contribution in [1.82, 2.24) is 5.32 Å². The van der Waals surface area contributed by atoms with Gasteiger partial charge in [0.2, 0.25) is 0 Å². The van der Waals surface area contributed by atoms with E-state index in [0.717, 1.165) is 17.3 Å². The van der Waals surface area contributed by atoms with Crippen molar-refractivity contribution in [3.05, 3.63) is 35.9 Å². The van der Waals surface area contributed by atoms with Crippen molar-refractivity contribution in [3.8, 4) is 0 Å². The van der Waals surface area contributed by atoms with Gasteiger partial charge in [-0.3, -0.25) is 4.79 Å². The number of carbonyl (C=O) groups is 1. The molecule has 0 unspecified atom stereocenters. The normalized spacial score (nSPS) is 11.2. The van der Waals surface area contributed by atoms with Gasteiger partial charge in [-0.2, -0.15) is 0 Å². The fraction of sp³-hybridized carbons (Fsp3) is 0.462. The Kier molecular flexibility index (Phi) is 5.00. The van der Waals surface area contributed by atoms with Gasteiger partial charge in [-0.1, -0.05) is 48.0 Å². The average molecular weight is 284 g/mol. The van der Waals surface area contributed by atoms with Crippen molar-refractivity contribution >= 4 is 21.8 Å². The van der Waals surface area contributed by atoms with Gasteiger partial charge in [-0.15, -0.1) is 0 Å². The first-order valence-corrected chi connectivity index (χ1v) is 6.56. The van der Waals surface area contributed by atoms with Gasteiger partial charge >= 0.3 is 0 Å². The van der Waals surface area contributed by atoms with Crippen LogP contribution in [0.15, 0.2) is 30.3 Å². The van der Waals surface area contributed by atoms with E-state index in [0.29, 0.717) is 6.54 Å². The summed E-state index contributed by atoms with van der Waals surface area (Å²) in [4.78, 5) is 11.8. The minimum atomic E-state index is 0.00301. The maximum Gasteiger partial charge on any atom is 0.251 e. The topological polar surface area (TPSA) is 29.1 Å². The zero-order valence-electron chi connectivity index (χ0n) is 9.79. The summed E-state index contributed by atoms with van der Waals surface area (Å²) in [5.41, 5.74) is 0.852. The predicted molar refractivity (Wildman–Crippen MR) is 71.0 cm³/mol. The van der Waals surface area contributed by atoms with E-state index in [1.54, 1.807) is 0 Å². The Labute approximate surface area is 106 Å². The second-order valence-electron chi connectivity index (χ2n) is 4.65. The molecule has 88 valence electrons. The van der Waals surface area contributed by atoms with Crippen molar-refractivity contribution in [2.24, 2.45) is 5.41 Å². The van der Waals surface area contributed by atoms with E-state index >= 15 is 0 Å². The molecule has 2 nitrogen and oxygen atoms in total. The molecule has 0 saturated heterocycles. The summed E-state index contributed by atoms with van der Waals surface area (Å²) in [6.07, 6.45) is 1.04. The van der Waals surface area contributed by atoms with Crippen LogP contribution in [0.5, 0.6) is 0 Å². The average Bonchev–Trinajstić information content (AvgIpc) is 2.27. The molecule has 1 N–H and O–H groups in total. The molecule has 0 heterocycles. The van der Waals surface area contributed by atoms with Gasteiger partial charge in [0, 0.05) is 17.4 Å². The zero-order chi connectivity index (χ0) is 12.0. The van der Waals surface area contributed by atoms with Crippen LogP contribution in [0, 0.1) is 5.41 Å². The van der Waals surface area contributed by atoms with Gasteiger partial charge in [0.05, 0.1) is 0 Å². The summed E-state index contributed by atoms with van der Waals surface area (Å²) in [5.74, 6) is 0.00301. The third-order valence-corrected chi connectivity index (χ3v) is 2.93. The first-order valence-electron chi connectivity index (χ1n) is 5.44. The van der Waals surface area contributed by atoms with Crippen LogP contribution in [-0.4, -0.2) is 17.8 Å². The highest BCUT2D eigenvalue weighted by Gasteiger charge is 2.18. The highest BCUT2D eigenvalue weighted by Crippen LogP contribution is 2.20. The summed E-state index contributed by atoms with van der Waals surface area (Å²) >= 11 is 3.42. The molecular formula is C13H18BrNO. The fourth-order valence-electron chi connectivity index (χ4n) is 1.36. The molecule has 0 saturated carbocycles. The Morgan fingerprint density at radius 2 is 1.94 bits per heavy atom. The van der Waals surface area contributed by atoms with Gasteiger partial charge in [-0.05, 0) is 24.0 Å². The van der Waals surface area contributed by atoms with E-state index in [4.69, 9.17) is 0 Å². The molecule has 16 heavy (non-hydrogen) atoms. The molecule has 0 aliphatic carbocycles. The van der Waals surface area contributed by atoms with Crippen molar-refractivity contribution < 1.29 is 4.79 Å². The standard InChI is InChI=1S/C13H18BrNO/c1-13(2,8-9-14)10-15-12(16)11-6-4-3-5-7-11/h3-7H,8-10H2,1-2H3,(H,15,16). The monoisotopic (exact) mass is 283 g/mol. The van der Waals surface area contributed by atoms with Crippen LogP contribution < -0.4 is 5.32 Å². The molecule has 1 rings (SSSR count). The van der Waals surface area contributed by atoms with Crippen LogP contribution in [0.1, 0.15) is 30.6 Å². The molecule has 0 aliphatic heterocycles. The van der Waals surface area contributed by atoms with Crippen LogP contribution in [0.4, 0.5) is 0 Å². The Bertz CT molecular complexity index is 335. The van der Waals surface area contributed by atoms with Gasteiger partial charge < -0.3 is 5.32 Å². The largest absolute Gasteiger partial charge is 0.352 e. The van der Waals surface area contributed by atoms with Gasteiger partial charge in [0.15, 0.2) is 0 Å². The molecule has 0 bridgehead atoms. The minimum Gasteiger partial charge on any atom is -0.352 e. The van der Waals surface area contributed by atoms with Crippen LogP contribution in [-0.2, 0) is 0 Å². The van der Waals surface area contributed by atoms with Gasteiger partial charge in [0.25, 0.3) is 5.91 Å². The number of halogens is 1. The number of rotatable bonds is 5. The first kappa shape index (κ1) is 13.2. The quantitative estimate of drug-likeness (QED) is 0.826. The number of hydrogen-bond acceptors (Lipinski definition) is 1. The maximum absolute atomic E-state index is 11.8. The van der Waals surface area contributed by atoms with Crippen molar-refractivity contribution in [1.29, 1.82) is 0 Å². The Balaban J connectivity index is 2.48. The summed E-state index contributed by atoms with van der Waals surface area (Å²) in [7, 11) is 0. The van der Waals surface area contributed by atoms with E-state index < -0.39 is 0 Å². The molecule has 3 heteroatoms. The highest BCUT2D eigenvalue weighted by molar-refractivity contribution is 9.09. The third kappa shape index (κ3) is 4.35. The highest BCUT2D eigenvalue weighted by atomic mass is 79.9. The number of amides is 1. The van der Waals surface area contributed by atoms with Crippen LogP contribution in [0.3, 0.4) is 0 Å². The fourth-order valence-corrected chi connectivity index (χ4v) is 2.43. The van der Waals surface area contributed by atoms with Crippen LogP contribution in [0.25, 0.3) is 0 Å². The number of alkyl halides is 1. The Morgan fingerprint density at radius 1 is 1.31 bits per heavy atom. The second-order valence-corrected chi connectivity index (χ2v) is 5.44. The third-order valence-electron chi connectivity index (χ3n) is 2.53. The maximum atomic E-state index is 11.8. The summed E-state index contributed by atoms with van der Waals surface area (Å²) < 4.78 is 0. The van der Waals surface area contributed by atoms with Gasteiger partial charge in [0.1, 0.15) is 0 Å². The van der Waals surface area contributed by atoms with E-state index in [1.807, 2.05) is 30.3 Å². The molecule has 0 atom stereocenters. The molecule has 0 aromatic heterocycles. The van der Waals surface area contributed by atoms with Gasteiger partial charge in [-0.25, -0.2) is 0 Å². The lowest BCUT2D eigenvalue weighted by Crippen LogP contribution is -2.34. The summed E-state index contributed by atoms with van der Waals surface area (Å²) in [5, 5.41) is 3.92. The van der Waals surface area contributed by atoms with E-state index in [9.17, 15) is 4.79 Å². The number of nitrogens with one attached hydrogen (secondary N) is 1. The molecule has 1 aromatic rings. The number of hydrogen-bond donors (Lipinski definition) is 1. The number of carbonyl (C=O) groups excluding carboxylic acids is 1. The minimum absolute atomic E-state index is 0.00301. The SMILES string of the molecule is CC(C)(CCBr)CNC(=O)c1ccccc1. The van der Waals surface area contributed by atoms with E-state index in [-0.39, 0.29) is 11.3 Å². The smallest absolute Gasteiger partial charge is 0.251 e. The molecule has 0 radical (unpaired) electrons. The molecule has 0 aliphatic rings. The Hall–Kier alpha value is -0.830.